The Labute approximate surface area is 333 Å². The highest BCUT2D eigenvalue weighted by molar-refractivity contribution is 6.11. The lowest BCUT2D eigenvalue weighted by Crippen LogP contribution is -2.28. The molecule has 0 amide bonds. The predicted octanol–water partition coefficient (Wildman–Crippen LogP) is 14.3. The maximum Gasteiger partial charge on any atom is 0.0713 e. The largest absolute Gasteiger partial charge is 0.310 e. The molecule has 1 aromatic heterocycles. The van der Waals surface area contributed by atoms with E-state index in [0.717, 1.165) is 28.3 Å². The van der Waals surface area contributed by atoms with Gasteiger partial charge in [0.2, 0.25) is 0 Å². The van der Waals surface area contributed by atoms with E-state index < -0.39 is 5.41 Å². The highest BCUT2D eigenvalue weighted by Gasteiger charge is 2.46. The van der Waals surface area contributed by atoms with Gasteiger partial charge in [-0.3, -0.25) is 0 Å². The number of anilines is 3. The van der Waals surface area contributed by atoms with Gasteiger partial charge in [0.1, 0.15) is 0 Å². The zero-order valence-corrected chi connectivity index (χ0v) is 31.3. The Bertz CT molecular complexity index is 2990. The number of benzene rings is 9. The van der Waals surface area contributed by atoms with Crippen LogP contribution in [0.25, 0.3) is 49.7 Å². The molecule has 0 fully saturated rings. The van der Waals surface area contributed by atoms with Crippen molar-refractivity contribution in [1.82, 2.24) is 4.57 Å². The van der Waals surface area contributed by atoms with Crippen molar-refractivity contribution in [3.05, 3.63) is 253 Å². The van der Waals surface area contributed by atoms with Gasteiger partial charge in [-0.25, -0.2) is 0 Å². The second-order valence-corrected chi connectivity index (χ2v) is 14.9. The van der Waals surface area contributed by atoms with E-state index in [-0.39, 0.29) is 0 Å². The third-order valence-corrected chi connectivity index (χ3v) is 11.9. The minimum Gasteiger partial charge on any atom is -0.310 e. The normalized spacial score (nSPS) is 12.7. The van der Waals surface area contributed by atoms with Crippen LogP contribution in [0.1, 0.15) is 22.3 Å². The predicted molar refractivity (Wildman–Crippen MR) is 238 cm³/mol. The molecule has 0 N–H and O–H groups in total. The van der Waals surface area contributed by atoms with Crippen molar-refractivity contribution in [3.63, 3.8) is 0 Å². The summed E-state index contributed by atoms with van der Waals surface area (Å²) in [6, 6.07) is 84.2. The first-order chi connectivity index (χ1) is 28.3. The highest BCUT2D eigenvalue weighted by atomic mass is 15.1. The van der Waals surface area contributed by atoms with Crippen molar-refractivity contribution in [3.8, 4) is 27.9 Å². The average Bonchev–Trinajstić information content (AvgIpc) is 3.78. The summed E-state index contributed by atoms with van der Waals surface area (Å²) in [6.45, 7) is 0. The minimum absolute atomic E-state index is 0.472. The van der Waals surface area contributed by atoms with Gasteiger partial charge in [0.15, 0.2) is 0 Å². The highest BCUT2D eigenvalue weighted by Crippen LogP contribution is 2.56. The van der Waals surface area contributed by atoms with E-state index in [1.807, 2.05) is 0 Å². The summed E-state index contributed by atoms with van der Waals surface area (Å²) in [7, 11) is 0. The van der Waals surface area contributed by atoms with Gasteiger partial charge < -0.3 is 9.47 Å². The average molecular weight is 727 g/mol. The third kappa shape index (κ3) is 5.18. The van der Waals surface area contributed by atoms with Crippen LogP contribution in [0.4, 0.5) is 17.1 Å². The fourth-order valence-electron chi connectivity index (χ4n) is 9.41. The first kappa shape index (κ1) is 33.0. The summed E-state index contributed by atoms with van der Waals surface area (Å²) in [4.78, 5) is 2.36. The summed E-state index contributed by atoms with van der Waals surface area (Å²) < 4.78 is 2.44. The summed E-state index contributed by atoms with van der Waals surface area (Å²) in [5, 5.41) is 2.45. The van der Waals surface area contributed by atoms with E-state index in [9.17, 15) is 0 Å². The molecule has 9 aromatic carbocycles. The van der Waals surface area contributed by atoms with Gasteiger partial charge >= 0.3 is 0 Å². The number of hydrogen-bond acceptors (Lipinski definition) is 1. The second kappa shape index (κ2) is 13.4. The summed E-state index contributed by atoms with van der Waals surface area (Å²) in [6.07, 6.45) is 0. The second-order valence-electron chi connectivity index (χ2n) is 14.9. The summed E-state index contributed by atoms with van der Waals surface area (Å²) in [5.41, 5.74) is 16.5. The maximum absolute atomic E-state index is 2.47. The Kier molecular flexibility index (Phi) is 7.75. The SMILES string of the molecule is c1ccc(-c2ccc(N(c3ccccc3)c3ccc4c5cc(C6(c7ccccc7)c7ccccc7-c7ccccc76)ccc5n(-c5ccccc5)c4c3)cc2)cc1. The molecular weight excluding hydrogens is 689 g/mol. The molecule has 57 heavy (non-hydrogen) atoms. The molecule has 0 saturated heterocycles. The standard InChI is InChI=1S/C55H38N2/c1-5-17-39(18-6-1)40-29-32-45(33-30-40)56(43-21-9-3-10-22-43)46-34-35-49-50-37-42(31-36-53(50)57(54(49)38-46)44-23-11-4-12-24-44)55(41-19-7-2-8-20-41)51-27-15-13-25-47(51)48-26-14-16-28-52(48)55/h1-38H. The fourth-order valence-corrected chi connectivity index (χ4v) is 9.41. The van der Waals surface area contributed by atoms with Gasteiger partial charge in [-0.2, -0.15) is 0 Å². The summed E-state index contributed by atoms with van der Waals surface area (Å²) >= 11 is 0. The number of nitrogens with zero attached hydrogens (tertiary/aromatic N) is 2. The lowest BCUT2D eigenvalue weighted by atomic mass is 9.67. The minimum atomic E-state index is -0.472. The van der Waals surface area contributed by atoms with E-state index in [2.05, 4.69) is 240 Å². The molecule has 0 saturated carbocycles. The van der Waals surface area contributed by atoms with Crippen molar-refractivity contribution in [1.29, 1.82) is 0 Å². The van der Waals surface area contributed by atoms with Crippen molar-refractivity contribution < 1.29 is 0 Å². The van der Waals surface area contributed by atoms with E-state index in [0.29, 0.717) is 0 Å². The Morgan fingerprint density at radius 2 is 0.860 bits per heavy atom. The number of fused-ring (bicyclic) bond motifs is 6. The molecule has 0 radical (unpaired) electrons. The van der Waals surface area contributed by atoms with Crippen LogP contribution in [-0.2, 0) is 5.41 Å². The zero-order valence-electron chi connectivity index (χ0n) is 31.3. The third-order valence-electron chi connectivity index (χ3n) is 11.9. The van der Waals surface area contributed by atoms with E-state index in [1.165, 1.54) is 60.8 Å². The van der Waals surface area contributed by atoms with Gasteiger partial charge in [-0.05, 0) is 105 Å². The Balaban J connectivity index is 1.15. The molecule has 2 nitrogen and oxygen atoms in total. The zero-order chi connectivity index (χ0) is 37.8. The Morgan fingerprint density at radius 3 is 1.53 bits per heavy atom. The summed E-state index contributed by atoms with van der Waals surface area (Å²) in [5.74, 6) is 0. The van der Waals surface area contributed by atoms with Gasteiger partial charge in [-0.1, -0.05) is 170 Å². The van der Waals surface area contributed by atoms with Gasteiger partial charge in [0, 0.05) is 33.5 Å². The molecule has 2 heteroatoms. The van der Waals surface area contributed by atoms with Crippen LogP contribution in [-0.4, -0.2) is 4.57 Å². The van der Waals surface area contributed by atoms with E-state index in [1.54, 1.807) is 0 Å². The molecule has 0 bridgehead atoms. The molecular formula is C55H38N2. The number of hydrogen-bond donors (Lipinski definition) is 0. The van der Waals surface area contributed by atoms with E-state index >= 15 is 0 Å². The lowest BCUT2D eigenvalue weighted by Gasteiger charge is -2.34. The quantitative estimate of drug-likeness (QED) is 0.159. The molecule has 10 aromatic rings. The van der Waals surface area contributed by atoms with Gasteiger partial charge in [0.25, 0.3) is 0 Å². The molecule has 0 spiro atoms. The van der Waals surface area contributed by atoms with Crippen molar-refractivity contribution >= 4 is 38.9 Å². The first-order valence-corrected chi connectivity index (χ1v) is 19.7. The molecule has 1 heterocycles. The molecule has 1 aliphatic rings. The molecule has 268 valence electrons. The fraction of sp³-hybridized carbons (Fsp3) is 0.0182. The van der Waals surface area contributed by atoms with Crippen LogP contribution < -0.4 is 4.90 Å². The van der Waals surface area contributed by atoms with Crippen molar-refractivity contribution in [2.75, 3.05) is 4.90 Å². The van der Waals surface area contributed by atoms with Crippen LogP contribution in [0.5, 0.6) is 0 Å². The van der Waals surface area contributed by atoms with Crippen LogP contribution in [0.3, 0.4) is 0 Å². The van der Waals surface area contributed by atoms with Gasteiger partial charge in [-0.15, -0.1) is 0 Å². The van der Waals surface area contributed by atoms with Crippen molar-refractivity contribution in [2.45, 2.75) is 5.41 Å². The van der Waals surface area contributed by atoms with Crippen LogP contribution >= 0.6 is 0 Å². The smallest absolute Gasteiger partial charge is 0.0713 e. The maximum atomic E-state index is 2.47. The van der Waals surface area contributed by atoms with Crippen LogP contribution in [0.15, 0.2) is 231 Å². The van der Waals surface area contributed by atoms with Crippen molar-refractivity contribution in [2.24, 2.45) is 0 Å². The lowest BCUT2D eigenvalue weighted by molar-refractivity contribution is 0.770. The molecule has 1 aliphatic carbocycles. The first-order valence-electron chi connectivity index (χ1n) is 19.7. The Hall–Kier alpha value is -7.42. The van der Waals surface area contributed by atoms with Crippen LogP contribution in [0, 0.1) is 0 Å². The van der Waals surface area contributed by atoms with Gasteiger partial charge in [0.05, 0.1) is 16.4 Å². The van der Waals surface area contributed by atoms with Crippen LogP contribution in [0.2, 0.25) is 0 Å². The molecule has 11 rings (SSSR count). The molecule has 0 aliphatic heterocycles. The molecule has 0 unspecified atom stereocenters. The number of para-hydroxylation sites is 2. The number of rotatable bonds is 7. The topological polar surface area (TPSA) is 8.17 Å². The Morgan fingerprint density at radius 1 is 0.333 bits per heavy atom. The number of aromatic nitrogens is 1. The monoisotopic (exact) mass is 726 g/mol. The van der Waals surface area contributed by atoms with E-state index in [4.69, 9.17) is 0 Å². The molecule has 0 atom stereocenters.